The number of carbonyl (C=O) groups is 1. The summed E-state index contributed by atoms with van der Waals surface area (Å²) in [6.45, 7) is 1.62. The van der Waals surface area contributed by atoms with E-state index in [0.717, 1.165) is 11.0 Å². The van der Waals surface area contributed by atoms with Gasteiger partial charge in [-0.15, -0.1) is 0 Å². The molecule has 15 heavy (non-hydrogen) atoms. The molecule has 0 saturated heterocycles. The Bertz CT molecular complexity index is 578. The molecule has 0 radical (unpaired) electrons. The van der Waals surface area contributed by atoms with Gasteiger partial charge < -0.3 is 0 Å². The number of imidazole rings is 1. The molecular weight excluding hydrogens is 192 g/mol. The van der Waals surface area contributed by atoms with E-state index in [1.165, 1.54) is 11.5 Å². The van der Waals surface area contributed by atoms with Crippen molar-refractivity contribution in [3.8, 4) is 0 Å². The number of ketones is 1. The first-order chi connectivity index (χ1) is 7.11. The van der Waals surface area contributed by atoms with E-state index in [9.17, 15) is 9.59 Å². The Kier molecular flexibility index (Phi) is 2.19. The van der Waals surface area contributed by atoms with E-state index in [2.05, 4.69) is 0 Å². The molecule has 0 fully saturated rings. The molecule has 0 unspecified atom stereocenters. The molecule has 0 atom stereocenters. The lowest BCUT2D eigenvalue weighted by atomic mass is 10.3. The first-order valence-corrected chi connectivity index (χ1v) is 4.75. The van der Waals surface area contributed by atoms with Gasteiger partial charge in [0.25, 0.3) is 0 Å². The van der Waals surface area contributed by atoms with Crippen molar-refractivity contribution in [3.63, 3.8) is 0 Å². The number of fused-ring (bicyclic) bond motifs is 1. The highest BCUT2D eigenvalue weighted by Crippen LogP contribution is 2.10. The number of nitrogens with zero attached hydrogens (tertiary/aromatic N) is 2. The van der Waals surface area contributed by atoms with E-state index in [0.29, 0.717) is 0 Å². The number of rotatable bonds is 2. The fourth-order valence-electron chi connectivity index (χ4n) is 1.74. The number of hydrogen-bond donors (Lipinski definition) is 0. The number of hydrogen-bond acceptors (Lipinski definition) is 2. The molecule has 0 bridgehead atoms. The van der Waals surface area contributed by atoms with Crippen LogP contribution in [-0.2, 0) is 18.4 Å². The highest BCUT2D eigenvalue weighted by atomic mass is 16.2. The van der Waals surface area contributed by atoms with Gasteiger partial charge in [-0.1, -0.05) is 12.1 Å². The van der Waals surface area contributed by atoms with Gasteiger partial charge in [0.2, 0.25) is 0 Å². The SMILES string of the molecule is CC(=O)Cn1c(=O)n(C)c2ccccc21. The molecule has 0 N–H and O–H groups in total. The zero-order chi connectivity index (χ0) is 11.0. The van der Waals surface area contributed by atoms with Crippen molar-refractivity contribution in [1.29, 1.82) is 0 Å². The molecule has 0 aliphatic carbocycles. The first kappa shape index (κ1) is 9.71. The van der Waals surface area contributed by atoms with Crippen LogP contribution in [0.1, 0.15) is 6.92 Å². The van der Waals surface area contributed by atoms with Crippen LogP contribution in [0.15, 0.2) is 29.1 Å². The summed E-state index contributed by atoms with van der Waals surface area (Å²) in [5, 5.41) is 0. The summed E-state index contributed by atoms with van der Waals surface area (Å²) in [6.07, 6.45) is 0. The largest absolute Gasteiger partial charge is 0.329 e. The number of Topliss-reactive ketones (excluding diaryl/α,β-unsaturated/α-hetero) is 1. The molecule has 0 amide bonds. The summed E-state index contributed by atoms with van der Waals surface area (Å²) >= 11 is 0. The lowest BCUT2D eigenvalue weighted by Crippen LogP contribution is -2.24. The maximum atomic E-state index is 11.8. The number of benzene rings is 1. The van der Waals surface area contributed by atoms with Gasteiger partial charge in [-0.25, -0.2) is 4.79 Å². The van der Waals surface area contributed by atoms with E-state index in [1.807, 2.05) is 24.3 Å². The van der Waals surface area contributed by atoms with Crippen LogP contribution >= 0.6 is 0 Å². The number of carbonyl (C=O) groups excluding carboxylic acids is 1. The lowest BCUT2D eigenvalue weighted by Gasteiger charge is -1.97. The third-order valence-corrected chi connectivity index (χ3v) is 2.43. The molecule has 78 valence electrons. The van der Waals surface area contributed by atoms with E-state index >= 15 is 0 Å². The highest BCUT2D eigenvalue weighted by Gasteiger charge is 2.10. The number of para-hydroxylation sites is 2. The van der Waals surface area contributed by atoms with Crippen molar-refractivity contribution in [3.05, 3.63) is 34.7 Å². The summed E-state index contributed by atoms with van der Waals surface area (Å²) in [6, 6.07) is 7.45. The predicted octanol–water partition coefficient (Wildman–Crippen LogP) is 0.929. The van der Waals surface area contributed by atoms with Crippen LogP contribution in [0, 0.1) is 0 Å². The molecule has 4 nitrogen and oxygen atoms in total. The molecule has 0 aliphatic rings. The normalized spacial score (nSPS) is 10.8. The van der Waals surface area contributed by atoms with Gasteiger partial charge in [-0.2, -0.15) is 0 Å². The monoisotopic (exact) mass is 204 g/mol. The topological polar surface area (TPSA) is 44.0 Å². The summed E-state index contributed by atoms with van der Waals surface area (Å²) in [7, 11) is 1.71. The molecule has 0 saturated carbocycles. The maximum absolute atomic E-state index is 11.8. The zero-order valence-electron chi connectivity index (χ0n) is 8.73. The second kappa shape index (κ2) is 3.38. The Morgan fingerprint density at radius 3 is 2.47 bits per heavy atom. The van der Waals surface area contributed by atoms with E-state index in [1.54, 1.807) is 11.6 Å². The lowest BCUT2D eigenvalue weighted by molar-refractivity contribution is -0.117. The summed E-state index contributed by atoms with van der Waals surface area (Å²) in [4.78, 5) is 22.8. The molecule has 2 aromatic rings. The second-order valence-corrected chi connectivity index (χ2v) is 3.62. The number of aryl methyl sites for hydroxylation is 1. The van der Waals surface area contributed by atoms with Crippen molar-refractivity contribution in [1.82, 2.24) is 9.13 Å². The fourth-order valence-corrected chi connectivity index (χ4v) is 1.74. The average Bonchev–Trinajstić information content (AvgIpc) is 2.44. The summed E-state index contributed by atoms with van der Waals surface area (Å²) in [5.41, 5.74) is 1.51. The Labute approximate surface area is 86.7 Å². The minimum Gasteiger partial charge on any atom is -0.298 e. The van der Waals surface area contributed by atoms with Crippen molar-refractivity contribution in [2.75, 3.05) is 0 Å². The van der Waals surface area contributed by atoms with Crippen LogP contribution in [0.3, 0.4) is 0 Å². The van der Waals surface area contributed by atoms with Gasteiger partial charge in [0.15, 0.2) is 0 Å². The van der Waals surface area contributed by atoms with Crippen molar-refractivity contribution < 1.29 is 4.79 Å². The van der Waals surface area contributed by atoms with E-state index in [4.69, 9.17) is 0 Å². The Morgan fingerprint density at radius 1 is 1.27 bits per heavy atom. The van der Waals surface area contributed by atoms with Crippen molar-refractivity contribution in [2.24, 2.45) is 7.05 Å². The maximum Gasteiger partial charge on any atom is 0.329 e. The van der Waals surface area contributed by atoms with Crippen LogP contribution in [0.5, 0.6) is 0 Å². The van der Waals surface area contributed by atoms with Crippen molar-refractivity contribution in [2.45, 2.75) is 13.5 Å². The van der Waals surface area contributed by atoms with Gasteiger partial charge in [0, 0.05) is 7.05 Å². The summed E-state index contributed by atoms with van der Waals surface area (Å²) in [5.74, 6) is -0.0200. The molecule has 0 aliphatic heterocycles. The van der Waals surface area contributed by atoms with Crippen LogP contribution < -0.4 is 5.69 Å². The molecule has 1 heterocycles. The molecule has 1 aromatic heterocycles. The number of aromatic nitrogens is 2. The molecule has 1 aromatic carbocycles. The second-order valence-electron chi connectivity index (χ2n) is 3.62. The summed E-state index contributed by atoms with van der Waals surface area (Å²) < 4.78 is 3.05. The average molecular weight is 204 g/mol. The minimum atomic E-state index is -0.147. The van der Waals surface area contributed by atoms with Gasteiger partial charge in [0.1, 0.15) is 5.78 Å². The van der Waals surface area contributed by atoms with Crippen LogP contribution in [-0.4, -0.2) is 14.9 Å². The van der Waals surface area contributed by atoms with Gasteiger partial charge >= 0.3 is 5.69 Å². The Balaban J connectivity index is 2.78. The van der Waals surface area contributed by atoms with E-state index < -0.39 is 0 Å². The molecular formula is C11H12N2O2. The smallest absolute Gasteiger partial charge is 0.298 e. The van der Waals surface area contributed by atoms with Crippen LogP contribution in [0.2, 0.25) is 0 Å². The molecule has 4 heteroatoms. The first-order valence-electron chi connectivity index (χ1n) is 4.75. The quantitative estimate of drug-likeness (QED) is 0.730. The highest BCUT2D eigenvalue weighted by molar-refractivity contribution is 5.80. The van der Waals surface area contributed by atoms with Gasteiger partial charge in [0.05, 0.1) is 17.6 Å². The fraction of sp³-hybridized carbons (Fsp3) is 0.273. The predicted molar refractivity (Wildman–Crippen MR) is 57.9 cm³/mol. The Morgan fingerprint density at radius 2 is 1.87 bits per heavy atom. The zero-order valence-corrected chi connectivity index (χ0v) is 8.73. The van der Waals surface area contributed by atoms with E-state index in [-0.39, 0.29) is 18.0 Å². The van der Waals surface area contributed by atoms with Gasteiger partial charge in [-0.3, -0.25) is 13.9 Å². The Hall–Kier alpha value is -1.84. The molecule has 0 spiro atoms. The third-order valence-electron chi connectivity index (χ3n) is 2.43. The molecule has 2 rings (SSSR count). The van der Waals surface area contributed by atoms with Gasteiger partial charge in [-0.05, 0) is 19.1 Å². The minimum absolute atomic E-state index is 0.0200. The van der Waals surface area contributed by atoms with Crippen molar-refractivity contribution >= 4 is 16.8 Å². The standard InChI is InChI=1S/C11H12N2O2/c1-8(14)7-13-10-6-4-3-5-9(10)12(2)11(13)15/h3-6H,7H2,1-2H3. The van der Waals surface area contributed by atoms with Crippen LogP contribution in [0.4, 0.5) is 0 Å². The van der Waals surface area contributed by atoms with Crippen LogP contribution in [0.25, 0.3) is 11.0 Å². The third kappa shape index (κ3) is 1.48.